The number of rotatable bonds is 4. The zero-order valence-electron chi connectivity index (χ0n) is 11.9. The molecule has 4 nitrogen and oxygen atoms in total. The van der Waals surface area contributed by atoms with Crippen LogP contribution in [0.25, 0.3) is 21.6 Å². The van der Waals surface area contributed by atoms with Crippen LogP contribution in [0.15, 0.2) is 53.7 Å². The summed E-state index contributed by atoms with van der Waals surface area (Å²) in [6, 6.07) is 14.6. The zero-order valence-corrected chi connectivity index (χ0v) is 13.5. The molecule has 0 aliphatic heterocycles. The lowest BCUT2D eigenvalue weighted by Crippen LogP contribution is -1.85. The molecule has 0 unspecified atom stereocenters. The number of benzene rings is 2. The number of nitrogens with zero attached hydrogens (tertiary/aromatic N) is 3. The summed E-state index contributed by atoms with van der Waals surface area (Å²) in [6.07, 6.45) is 0. The average molecular weight is 342 g/mol. The Morgan fingerprint density at radius 2 is 1.87 bits per heavy atom. The lowest BCUT2D eigenvalue weighted by Gasteiger charge is -1.96. The number of fused-ring (bicyclic) bond motifs is 1. The first-order valence-corrected chi connectivity index (χ1v) is 8.74. The third kappa shape index (κ3) is 2.97. The summed E-state index contributed by atoms with van der Waals surface area (Å²) in [6.45, 7) is 0. The van der Waals surface area contributed by atoms with Gasteiger partial charge in [0.05, 0.1) is 21.5 Å². The Kier molecular flexibility index (Phi) is 3.80. The number of nitrogens with one attached hydrogen (secondary N) is 1. The van der Waals surface area contributed by atoms with Gasteiger partial charge >= 0.3 is 0 Å². The Labute approximate surface area is 139 Å². The first kappa shape index (κ1) is 14.3. The molecule has 0 saturated heterocycles. The number of hydrogen-bond donors (Lipinski definition) is 1. The van der Waals surface area contributed by atoms with Gasteiger partial charge in [0, 0.05) is 0 Å². The van der Waals surface area contributed by atoms with E-state index in [1.807, 2.05) is 18.2 Å². The molecule has 0 bridgehead atoms. The number of hydrogen-bond acceptors (Lipinski definition) is 5. The van der Waals surface area contributed by atoms with Crippen molar-refractivity contribution >= 4 is 33.3 Å². The Bertz CT molecular complexity index is 930. The summed E-state index contributed by atoms with van der Waals surface area (Å²) in [5, 5.41) is 8.53. The maximum absolute atomic E-state index is 13.8. The van der Waals surface area contributed by atoms with Gasteiger partial charge in [-0.2, -0.15) is 0 Å². The maximum Gasteiger partial charge on any atom is 0.209 e. The zero-order chi connectivity index (χ0) is 15.6. The molecule has 0 spiro atoms. The molecule has 0 radical (unpaired) electrons. The first-order valence-electron chi connectivity index (χ1n) is 6.94. The Morgan fingerprint density at radius 1 is 1.04 bits per heavy atom. The van der Waals surface area contributed by atoms with Crippen LogP contribution in [0.2, 0.25) is 0 Å². The van der Waals surface area contributed by atoms with Gasteiger partial charge in [-0.3, -0.25) is 5.10 Å². The third-order valence-electron chi connectivity index (χ3n) is 3.26. The molecular weight excluding hydrogens is 331 g/mol. The van der Waals surface area contributed by atoms with Crippen LogP contribution in [0.3, 0.4) is 0 Å². The van der Waals surface area contributed by atoms with Crippen LogP contribution in [0.5, 0.6) is 0 Å². The van der Waals surface area contributed by atoms with E-state index in [9.17, 15) is 4.39 Å². The number of aromatic amines is 1. The summed E-state index contributed by atoms with van der Waals surface area (Å²) in [4.78, 5) is 8.92. The molecular formula is C16H11FN4S2. The summed E-state index contributed by atoms with van der Waals surface area (Å²) in [7, 11) is 0. The van der Waals surface area contributed by atoms with Crippen molar-refractivity contribution in [3.05, 3.63) is 59.4 Å². The lowest BCUT2D eigenvalue weighted by molar-refractivity contribution is 0.630. The van der Waals surface area contributed by atoms with Crippen LogP contribution in [-0.4, -0.2) is 20.2 Å². The van der Waals surface area contributed by atoms with Crippen LogP contribution < -0.4 is 0 Å². The molecule has 4 aromatic rings. The number of H-pyrrole nitrogens is 1. The van der Waals surface area contributed by atoms with Crippen molar-refractivity contribution in [2.45, 2.75) is 10.9 Å². The fraction of sp³-hybridized carbons (Fsp3) is 0.0625. The molecule has 7 heteroatoms. The molecule has 0 aliphatic carbocycles. The van der Waals surface area contributed by atoms with Crippen LogP contribution in [-0.2, 0) is 5.75 Å². The summed E-state index contributed by atoms with van der Waals surface area (Å²) >= 11 is 3.15. The fourth-order valence-electron chi connectivity index (χ4n) is 2.19. The molecule has 0 aliphatic rings. The van der Waals surface area contributed by atoms with Gasteiger partial charge in [0.2, 0.25) is 5.16 Å². The van der Waals surface area contributed by atoms with E-state index in [0.717, 1.165) is 10.5 Å². The smallest absolute Gasteiger partial charge is 0.209 e. The second-order valence-electron chi connectivity index (χ2n) is 4.81. The number of aromatic nitrogens is 4. The quantitative estimate of drug-likeness (QED) is 0.554. The van der Waals surface area contributed by atoms with Crippen molar-refractivity contribution in [1.29, 1.82) is 0 Å². The highest BCUT2D eigenvalue weighted by atomic mass is 32.2. The molecule has 2 aromatic heterocycles. The number of halogens is 1. The van der Waals surface area contributed by atoms with Gasteiger partial charge < -0.3 is 0 Å². The van der Waals surface area contributed by atoms with Crippen molar-refractivity contribution < 1.29 is 4.39 Å². The van der Waals surface area contributed by atoms with Crippen LogP contribution in [0.4, 0.5) is 4.39 Å². The van der Waals surface area contributed by atoms with Gasteiger partial charge in [-0.15, -0.1) is 16.4 Å². The predicted octanol–water partition coefficient (Wildman–Crippen LogP) is 4.51. The van der Waals surface area contributed by atoms with Crippen molar-refractivity contribution in [1.82, 2.24) is 20.2 Å². The van der Waals surface area contributed by atoms with Gasteiger partial charge in [0.1, 0.15) is 10.8 Å². The normalized spacial score (nSPS) is 11.2. The van der Waals surface area contributed by atoms with E-state index in [-0.39, 0.29) is 5.82 Å². The largest absolute Gasteiger partial charge is 0.258 e. The molecule has 0 amide bonds. The van der Waals surface area contributed by atoms with Crippen molar-refractivity contribution in [3.8, 4) is 11.4 Å². The SMILES string of the molecule is Fc1ccccc1-c1nc(SCc2nc3ccccc3s2)n[nH]1. The highest BCUT2D eigenvalue weighted by Crippen LogP contribution is 2.28. The van der Waals surface area contributed by atoms with E-state index in [1.54, 1.807) is 29.5 Å². The second kappa shape index (κ2) is 6.10. The number of para-hydroxylation sites is 1. The molecule has 114 valence electrons. The van der Waals surface area contributed by atoms with Gasteiger partial charge in [0.25, 0.3) is 0 Å². The minimum atomic E-state index is -0.314. The maximum atomic E-state index is 13.8. The minimum Gasteiger partial charge on any atom is -0.258 e. The summed E-state index contributed by atoms with van der Waals surface area (Å²) < 4.78 is 14.9. The molecule has 4 rings (SSSR count). The van der Waals surface area contributed by atoms with Crippen molar-refractivity contribution in [3.63, 3.8) is 0 Å². The topological polar surface area (TPSA) is 54.5 Å². The van der Waals surface area contributed by atoms with E-state index in [2.05, 4.69) is 26.2 Å². The summed E-state index contributed by atoms with van der Waals surface area (Å²) in [5.74, 6) is 0.815. The Hall–Kier alpha value is -2.25. The van der Waals surface area contributed by atoms with E-state index in [4.69, 9.17) is 0 Å². The second-order valence-corrected chi connectivity index (χ2v) is 6.87. The third-order valence-corrected chi connectivity index (χ3v) is 5.33. The predicted molar refractivity (Wildman–Crippen MR) is 91.0 cm³/mol. The fourth-order valence-corrected chi connectivity index (χ4v) is 3.95. The Balaban J connectivity index is 1.51. The van der Waals surface area contributed by atoms with Gasteiger partial charge in [-0.1, -0.05) is 36.0 Å². The average Bonchev–Trinajstić information content (AvgIpc) is 3.19. The minimum absolute atomic E-state index is 0.314. The Morgan fingerprint density at radius 3 is 2.74 bits per heavy atom. The van der Waals surface area contributed by atoms with E-state index >= 15 is 0 Å². The van der Waals surface area contributed by atoms with Crippen LogP contribution in [0, 0.1) is 5.82 Å². The lowest BCUT2D eigenvalue weighted by atomic mass is 10.2. The van der Waals surface area contributed by atoms with Gasteiger partial charge in [-0.05, 0) is 24.3 Å². The van der Waals surface area contributed by atoms with Gasteiger partial charge in [-0.25, -0.2) is 14.4 Å². The molecule has 0 saturated carbocycles. The van der Waals surface area contributed by atoms with E-state index < -0.39 is 0 Å². The summed E-state index contributed by atoms with van der Waals surface area (Å²) in [5.41, 5.74) is 1.43. The van der Waals surface area contributed by atoms with Crippen LogP contribution in [0.1, 0.15) is 5.01 Å². The highest BCUT2D eigenvalue weighted by Gasteiger charge is 2.11. The molecule has 0 atom stereocenters. The van der Waals surface area contributed by atoms with Crippen LogP contribution >= 0.6 is 23.1 Å². The molecule has 2 aromatic carbocycles. The molecule has 23 heavy (non-hydrogen) atoms. The molecule has 1 N–H and O–H groups in total. The molecule has 2 heterocycles. The first-order chi connectivity index (χ1) is 11.3. The number of thioether (sulfide) groups is 1. The van der Waals surface area contributed by atoms with E-state index in [0.29, 0.717) is 22.3 Å². The standard InChI is InChI=1S/C16H11FN4S2/c17-11-6-2-1-5-10(11)15-19-16(21-20-15)22-9-14-18-12-7-3-4-8-13(12)23-14/h1-8H,9H2,(H,19,20,21). The highest BCUT2D eigenvalue weighted by molar-refractivity contribution is 7.98. The van der Waals surface area contributed by atoms with E-state index in [1.165, 1.54) is 22.5 Å². The van der Waals surface area contributed by atoms with Crippen molar-refractivity contribution in [2.75, 3.05) is 0 Å². The van der Waals surface area contributed by atoms with Crippen molar-refractivity contribution in [2.24, 2.45) is 0 Å². The molecule has 0 fully saturated rings. The monoisotopic (exact) mass is 342 g/mol. The number of thiazole rings is 1. The van der Waals surface area contributed by atoms with Gasteiger partial charge in [0.15, 0.2) is 5.82 Å².